The van der Waals surface area contributed by atoms with Gasteiger partial charge in [-0.1, -0.05) is 36.4 Å². The van der Waals surface area contributed by atoms with E-state index >= 15 is 0 Å². The molecule has 0 atom stereocenters. The fourth-order valence-corrected chi connectivity index (χ4v) is 4.57. The van der Waals surface area contributed by atoms with Crippen LogP contribution in [0.15, 0.2) is 82.9 Å². The largest absolute Gasteiger partial charge is 0.494 e. The molecule has 1 aromatic heterocycles. The number of allylic oxidation sites excluding steroid dienone is 4. The number of fused-ring (bicyclic) bond motifs is 2. The average Bonchev–Trinajstić information content (AvgIpc) is 2.98. The molecule has 2 aliphatic rings. The number of nitrogens with two attached hydrogens (primary N) is 1. The standard InChI is InChI=1S/C27H28N4O/c1-18(26-24-16-22(28)8-11-25(24)30-27(26)32)29-23-9-6-19(7-10-23)17-31-14-12-20-4-2-3-5-21(20)13-15-31/h2-4,6-11,13,16,30,32H,5,12,14-15,17,28H2,1H3. The van der Waals surface area contributed by atoms with Crippen LogP contribution in [-0.2, 0) is 6.54 Å². The van der Waals surface area contributed by atoms with Crippen molar-refractivity contribution < 1.29 is 5.11 Å². The summed E-state index contributed by atoms with van der Waals surface area (Å²) in [5, 5.41) is 11.3. The van der Waals surface area contributed by atoms with E-state index in [1.54, 1.807) is 0 Å². The van der Waals surface area contributed by atoms with Crippen LogP contribution in [-0.4, -0.2) is 33.8 Å². The summed E-state index contributed by atoms with van der Waals surface area (Å²) in [6, 6.07) is 13.9. The number of aliphatic imine (C=N–C) groups is 1. The predicted octanol–water partition coefficient (Wildman–Crippen LogP) is 5.61. The Labute approximate surface area is 188 Å². The van der Waals surface area contributed by atoms with Crippen LogP contribution >= 0.6 is 0 Å². The Balaban J connectivity index is 1.31. The Hall–Kier alpha value is -3.57. The van der Waals surface area contributed by atoms with E-state index in [4.69, 9.17) is 10.7 Å². The van der Waals surface area contributed by atoms with E-state index in [1.165, 1.54) is 16.7 Å². The molecule has 0 unspecified atom stereocenters. The van der Waals surface area contributed by atoms with Crippen LogP contribution in [0.25, 0.3) is 10.9 Å². The molecule has 2 heterocycles. The SMILES string of the molecule is CC(=Nc1ccc(CN2CC=C3CC=CC=C3CC2)cc1)c1c(O)[nH]c2ccc(N)cc12. The molecule has 1 aliphatic carbocycles. The van der Waals surface area contributed by atoms with E-state index in [0.717, 1.165) is 54.8 Å². The van der Waals surface area contributed by atoms with Gasteiger partial charge in [0.05, 0.1) is 17.0 Å². The first-order valence-corrected chi connectivity index (χ1v) is 11.1. The van der Waals surface area contributed by atoms with Crippen molar-refractivity contribution in [1.29, 1.82) is 0 Å². The van der Waals surface area contributed by atoms with Gasteiger partial charge in [-0.05, 0) is 66.8 Å². The molecule has 0 spiro atoms. The smallest absolute Gasteiger partial charge is 0.198 e. The lowest BCUT2D eigenvalue weighted by atomic mass is 9.96. The van der Waals surface area contributed by atoms with E-state index in [2.05, 4.69) is 46.3 Å². The van der Waals surface area contributed by atoms with Gasteiger partial charge >= 0.3 is 0 Å². The molecule has 1 aliphatic heterocycles. The zero-order valence-corrected chi connectivity index (χ0v) is 18.3. The highest BCUT2D eigenvalue weighted by molar-refractivity contribution is 6.13. The summed E-state index contributed by atoms with van der Waals surface area (Å²) in [6.07, 6.45) is 11.2. The van der Waals surface area contributed by atoms with Crippen LogP contribution in [0.5, 0.6) is 5.88 Å². The molecule has 5 heteroatoms. The van der Waals surface area contributed by atoms with Gasteiger partial charge in [-0.3, -0.25) is 9.89 Å². The number of aromatic nitrogens is 1. The van der Waals surface area contributed by atoms with Gasteiger partial charge in [0, 0.05) is 36.2 Å². The zero-order chi connectivity index (χ0) is 22.1. The lowest BCUT2D eigenvalue weighted by Gasteiger charge is -2.19. The summed E-state index contributed by atoms with van der Waals surface area (Å²) in [7, 11) is 0. The monoisotopic (exact) mass is 424 g/mol. The summed E-state index contributed by atoms with van der Waals surface area (Å²) in [6.45, 7) is 4.90. The number of nitrogen functional groups attached to an aromatic ring is 1. The van der Waals surface area contributed by atoms with Crippen molar-refractivity contribution in [3.8, 4) is 5.88 Å². The molecule has 4 N–H and O–H groups in total. The van der Waals surface area contributed by atoms with Crippen molar-refractivity contribution in [3.05, 3.63) is 89.0 Å². The van der Waals surface area contributed by atoms with Gasteiger partial charge in [-0.2, -0.15) is 0 Å². The maximum absolute atomic E-state index is 10.4. The minimum Gasteiger partial charge on any atom is -0.494 e. The highest BCUT2D eigenvalue weighted by Crippen LogP contribution is 2.31. The van der Waals surface area contributed by atoms with E-state index < -0.39 is 0 Å². The van der Waals surface area contributed by atoms with Crippen LogP contribution in [0.3, 0.4) is 0 Å². The second-order valence-electron chi connectivity index (χ2n) is 8.56. The Kier molecular flexibility index (Phi) is 5.41. The Morgan fingerprint density at radius 2 is 2.00 bits per heavy atom. The van der Waals surface area contributed by atoms with Crippen LogP contribution in [0.4, 0.5) is 11.4 Å². The average molecular weight is 425 g/mol. The normalized spacial score (nSPS) is 17.1. The number of H-pyrrole nitrogens is 1. The zero-order valence-electron chi connectivity index (χ0n) is 18.3. The molecular formula is C27H28N4O. The number of aromatic amines is 1. The van der Waals surface area contributed by atoms with Crippen molar-refractivity contribution in [2.24, 2.45) is 4.99 Å². The van der Waals surface area contributed by atoms with Gasteiger partial charge in [0.25, 0.3) is 0 Å². The van der Waals surface area contributed by atoms with Crippen molar-refractivity contribution in [3.63, 3.8) is 0 Å². The second-order valence-corrected chi connectivity index (χ2v) is 8.56. The number of hydrogen-bond donors (Lipinski definition) is 3. The second kappa shape index (κ2) is 8.52. The third-order valence-corrected chi connectivity index (χ3v) is 6.28. The molecule has 5 rings (SSSR count). The minimum absolute atomic E-state index is 0.115. The van der Waals surface area contributed by atoms with Gasteiger partial charge in [-0.15, -0.1) is 0 Å². The number of nitrogens with zero attached hydrogens (tertiary/aromatic N) is 2. The van der Waals surface area contributed by atoms with Crippen molar-refractivity contribution in [2.45, 2.75) is 26.3 Å². The van der Waals surface area contributed by atoms with E-state index in [9.17, 15) is 5.11 Å². The summed E-state index contributed by atoms with van der Waals surface area (Å²) < 4.78 is 0. The maximum Gasteiger partial charge on any atom is 0.198 e. The lowest BCUT2D eigenvalue weighted by Crippen LogP contribution is -2.23. The molecule has 0 fully saturated rings. The molecule has 2 aromatic carbocycles. The molecule has 0 radical (unpaired) electrons. The van der Waals surface area contributed by atoms with Crippen molar-refractivity contribution >= 4 is 28.0 Å². The molecule has 32 heavy (non-hydrogen) atoms. The first kappa shape index (κ1) is 20.3. The van der Waals surface area contributed by atoms with Gasteiger partial charge in [0.15, 0.2) is 5.88 Å². The quantitative estimate of drug-likeness (QED) is 0.376. The van der Waals surface area contributed by atoms with Crippen LogP contribution < -0.4 is 5.73 Å². The molecule has 162 valence electrons. The predicted molar refractivity (Wildman–Crippen MR) is 133 cm³/mol. The molecule has 0 amide bonds. The van der Waals surface area contributed by atoms with E-state index in [1.807, 2.05) is 37.3 Å². The van der Waals surface area contributed by atoms with Crippen LogP contribution in [0, 0.1) is 0 Å². The number of benzene rings is 2. The minimum atomic E-state index is 0.115. The van der Waals surface area contributed by atoms with Crippen molar-refractivity contribution in [2.75, 3.05) is 18.8 Å². The third kappa shape index (κ3) is 4.12. The maximum atomic E-state index is 10.4. The Morgan fingerprint density at radius 1 is 1.16 bits per heavy atom. The molecule has 0 bridgehead atoms. The van der Waals surface area contributed by atoms with Gasteiger partial charge in [-0.25, -0.2) is 0 Å². The van der Waals surface area contributed by atoms with Crippen molar-refractivity contribution in [1.82, 2.24) is 9.88 Å². The molecule has 0 saturated carbocycles. The highest BCUT2D eigenvalue weighted by atomic mass is 16.3. The van der Waals surface area contributed by atoms with Gasteiger partial charge in [0.1, 0.15) is 0 Å². The fourth-order valence-electron chi connectivity index (χ4n) is 4.57. The summed E-state index contributed by atoms with van der Waals surface area (Å²) in [5.41, 5.74) is 14.0. The first-order valence-electron chi connectivity index (χ1n) is 11.1. The van der Waals surface area contributed by atoms with E-state index in [-0.39, 0.29) is 5.88 Å². The molecule has 5 nitrogen and oxygen atoms in total. The number of anilines is 1. The molecule has 3 aromatic rings. The number of hydrogen-bond acceptors (Lipinski definition) is 4. The van der Waals surface area contributed by atoms with Crippen LogP contribution in [0.1, 0.15) is 30.9 Å². The Morgan fingerprint density at radius 3 is 2.84 bits per heavy atom. The molecule has 0 saturated heterocycles. The number of nitrogens with one attached hydrogen (secondary N) is 1. The topological polar surface area (TPSA) is 77.6 Å². The fraction of sp³-hybridized carbons (Fsp3) is 0.222. The summed E-state index contributed by atoms with van der Waals surface area (Å²) in [4.78, 5) is 10.2. The number of aromatic hydroxyl groups is 1. The number of rotatable bonds is 4. The van der Waals surface area contributed by atoms with E-state index in [0.29, 0.717) is 11.3 Å². The summed E-state index contributed by atoms with van der Waals surface area (Å²) >= 11 is 0. The van der Waals surface area contributed by atoms with Gasteiger partial charge < -0.3 is 15.8 Å². The molecular weight excluding hydrogens is 396 g/mol. The third-order valence-electron chi connectivity index (χ3n) is 6.28. The first-order chi connectivity index (χ1) is 15.6. The van der Waals surface area contributed by atoms with Crippen LogP contribution in [0.2, 0.25) is 0 Å². The summed E-state index contributed by atoms with van der Waals surface area (Å²) in [5.74, 6) is 0.115. The lowest BCUT2D eigenvalue weighted by molar-refractivity contribution is 0.302. The highest BCUT2D eigenvalue weighted by Gasteiger charge is 2.16. The van der Waals surface area contributed by atoms with Gasteiger partial charge in [0.2, 0.25) is 0 Å². The Bertz CT molecular complexity index is 1270.